The number of nitrogens with one attached hydrogen (secondary N) is 2. The van der Waals surface area contributed by atoms with Gasteiger partial charge >= 0.3 is 6.03 Å². The Morgan fingerprint density at radius 3 is 2.55 bits per heavy atom. The monoisotopic (exact) mass is 396 g/mol. The van der Waals surface area contributed by atoms with E-state index in [9.17, 15) is 14.4 Å². The summed E-state index contributed by atoms with van der Waals surface area (Å²) in [4.78, 5) is 45.2. The van der Waals surface area contributed by atoms with Gasteiger partial charge in [-0.3, -0.25) is 19.5 Å². The highest BCUT2D eigenvalue weighted by Gasteiger charge is 2.42. The maximum atomic E-state index is 12.9. The summed E-state index contributed by atoms with van der Waals surface area (Å²) in [5.74, 6) is -0.791. The number of nitrogens with two attached hydrogens (primary N) is 1. The Balaban J connectivity index is 1.82. The molecule has 3 rings (SSSR count). The van der Waals surface area contributed by atoms with Crippen molar-refractivity contribution in [2.45, 2.75) is 13.1 Å². The number of hydrogen-bond donors (Lipinski definition) is 3. The van der Waals surface area contributed by atoms with E-state index in [1.165, 1.54) is 22.2 Å². The summed E-state index contributed by atoms with van der Waals surface area (Å²) < 4.78 is 0. The topological polar surface area (TPSA) is 121 Å². The number of carbonyl (C=O) groups excluding carboxylic acids is 3. The number of aromatic nitrogens is 1. The van der Waals surface area contributed by atoms with Crippen molar-refractivity contribution >= 4 is 23.5 Å². The number of anilines is 1. The van der Waals surface area contributed by atoms with E-state index in [4.69, 9.17) is 5.73 Å². The Bertz CT molecular complexity index is 889. The van der Waals surface area contributed by atoms with Gasteiger partial charge in [0.25, 0.3) is 11.8 Å². The zero-order chi connectivity index (χ0) is 20.8. The molecule has 152 valence electrons. The number of carbonyl (C=O) groups is 3. The molecule has 0 spiro atoms. The molecule has 2 heterocycles. The highest BCUT2D eigenvalue weighted by Crippen LogP contribution is 2.20. The van der Waals surface area contributed by atoms with Gasteiger partial charge in [-0.1, -0.05) is 12.1 Å². The zero-order valence-electron chi connectivity index (χ0n) is 16.2. The minimum atomic E-state index is -1.06. The number of hydrogen-bond acceptors (Lipinski definition) is 5. The van der Waals surface area contributed by atoms with E-state index >= 15 is 0 Å². The van der Waals surface area contributed by atoms with Crippen LogP contribution >= 0.6 is 0 Å². The Kier molecular flexibility index (Phi) is 6.40. The van der Waals surface area contributed by atoms with Crippen LogP contribution in [0, 0.1) is 6.92 Å². The molecule has 9 nitrogen and oxygen atoms in total. The normalized spacial score (nSPS) is 15.9. The second kappa shape index (κ2) is 9.16. The van der Waals surface area contributed by atoms with Gasteiger partial charge in [-0.2, -0.15) is 0 Å². The van der Waals surface area contributed by atoms with Crippen LogP contribution in [0.4, 0.5) is 10.5 Å². The largest absolute Gasteiger partial charge is 0.351 e. The Morgan fingerprint density at radius 1 is 1.14 bits per heavy atom. The van der Waals surface area contributed by atoms with Crippen LogP contribution in [0.3, 0.4) is 0 Å². The summed E-state index contributed by atoms with van der Waals surface area (Å²) in [5.41, 5.74) is 7.49. The van der Waals surface area contributed by atoms with Crippen molar-refractivity contribution in [2.75, 3.05) is 31.5 Å². The van der Waals surface area contributed by atoms with E-state index in [0.717, 1.165) is 5.56 Å². The quantitative estimate of drug-likeness (QED) is 0.690. The molecule has 1 saturated heterocycles. The second-order valence-electron chi connectivity index (χ2n) is 6.68. The van der Waals surface area contributed by atoms with Crippen molar-refractivity contribution in [3.8, 4) is 0 Å². The lowest BCUT2D eigenvalue weighted by Crippen LogP contribution is -2.55. The number of pyridine rings is 1. The highest BCUT2D eigenvalue weighted by atomic mass is 16.2. The predicted octanol–water partition coefficient (Wildman–Crippen LogP) is 0.781. The fourth-order valence-electron chi connectivity index (χ4n) is 3.20. The van der Waals surface area contributed by atoms with Crippen LogP contribution in [0.2, 0.25) is 0 Å². The van der Waals surface area contributed by atoms with E-state index in [-0.39, 0.29) is 32.1 Å². The maximum absolute atomic E-state index is 12.9. The molecule has 4 amide bonds. The zero-order valence-corrected chi connectivity index (χ0v) is 16.2. The van der Waals surface area contributed by atoms with Crippen LogP contribution in [-0.4, -0.2) is 65.0 Å². The molecular weight excluding hydrogens is 372 g/mol. The Labute approximate surface area is 168 Å². The Hall–Kier alpha value is -3.46. The van der Waals surface area contributed by atoms with Gasteiger partial charge in [0.1, 0.15) is 0 Å². The molecule has 0 aliphatic carbocycles. The molecule has 0 bridgehead atoms. The van der Waals surface area contributed by atoms with E-state index in [0.29, 0.717) is 11.3 Å². The van der Waals surface area contributed by atoms with Crippen molar-refractivity contribution in [3.63, 3.8) is 0 Å². The number of aryl methyl sites for hydroxylation is 1. The molecule has 1 aromatic heterocycles. The average molecular weight is 396 g/mol. The molecule has 1 fully saturated rings. The van der Waals surface area contributed by atoms with E-state index < -0.39 is 18.1 Å². The van der Waals surface area contributed by atoms with Crippen molar-refractivity contribution in [1.82, 2.24) is 20.1 Å². The summed E-state index contributed by atoms with van der Waals surface area (Å²) in [6.07, 6.45) is 1.95. The number of rotatable bonds is 5. The molecule has 1 aliphatic rings. The molecule has 0 saturated carbocycles. The molecule has 29 heavy (non-hydrogen) atoms. The number of amides is 4. The maximum Gasteiger partial charge on any atom is 0.323 e. The van der Waals surface area contributed by atoms with Crippen molar-refractivity contribution in [2.24, 2.45) is 5.73 Å². The van der Waals surface area contributed by atoms with E-state index in [2.05, 4.69) is 15.6 Å². The average Bonchev–Trinajstić information content (AvgIpc) is 3.17. The molecule has 1 aromatic carbocycles. The molecule has 0 radical (unpaired) electrons. The van der Waals surface area contributed by atoms with Crippen LogP contribution in [0.15, 0.2) is 48.8 Å². The SMILES string of the molecule is Cc1cccc(NC(=O)N2CCN(C(=O)c3ccncc3)C2C(=O)NCCN)c1. The van der Waals surface area contributed by atoms with Gasteiger partial charge in [-0.15, -0.1) is 0 Å². The molecular formula is C20H24N6O3. The van der Waals surface area contributed by atoms with Gasteiger partial charge in [0.2, 0.25) is 0 Å². The third-order valence-electron chi connectivity index (χ3n) is 4.57. The first-order valence-corrected chi connectivity index (χ1v) is 9.34. The Morgan fingerprint density at radius 2 is 1.86 bits per heavy atom. The van der Waals surface area contributed by atoms with Crippen LogP contribution in [0.1, 0.15) is 15.9 Å². The molecule has 4 N–H and O–H groups in total. The van der Waals surface area contributed by atoms with Gasteiger partial charge in [-0.05, 0) is 36.8 Å². The molecule has 9 heteroatoms. The van der Waals surface area contributed by atoms with Gasteiger partial charge < -0.3 is 21.3 Å². The van der Waals surface area contributed by atoms with Crippen LogP contribution in [0.5, 0.6) is 0 Å². The van der Waals surface area contributed by atoms with Gasteiger partial charge in [0.15, 0.2) is 6.17 Å². The lowest BCUT2D eigenvalue weighted by molar-refractivity contribution is -0.127. The van der Waals surface area contributed by atoms with Crippen LogP contribution in [0.25, 0.3) is 0 Å². The first-order chi connectivity index (χ1) is 14.0. The third kappa shape index (κ3) is 4.69. The fraction of sp³-hybridized carbons (Fsp3) is 0.300. The van der Waals surface area contributed by atoms with Crippen molar-refractivity contribution < 1.29 is 14.4 Å². The summed E-state index contributed by atoms with van der Waals surface area (Å²) in [6, 6.07) is 10.1. The molecule has 2 aromatic rings. The molecule has 1 unspecified atom stereocenters. The smallest absolute Gasteiger partial charge is 0.323 e. The molecule has 1 aliphatic heterocycles. The van der Waals surface area contributed by atoms with E-state index in [1.54, 1.807) is 18.2 Å². The van der Waals surface area contributed by atoms with Gasteiger partial charge in [0.05, 0.1) is 0 Å². The first-order valence-electron chi connectivity index (χ1n) is 9.34. The fourth-order valence-corrected chi connectivity index (χ4v) is 3.20. The van der Waals surface area contributed by atoms with Gasteiger partial charge in [-0.25, -0.2) is 4.79 Å². The predicted molar refractivity (Wildman–Crippen MR) is 108 cm³/mol. The summed E-state index contributed by atoms with van der Waals surface area (Å²) in [7, 11) is 0. The molecule has 1 atom stereocenters. The van der Waals surface area contributed by atoms with Crippen LogP contribution in [-0.2, 0) is 4.79 Å². The number of benzene rings is 1. The highest BCUT2D eigenvalue weighted by molar-refractivity contribution is 6.00. The lowest BCUT2D eigenvalue weighted by Gasteiger charge is -2.29. The summed E-state index contributed by atoms with van der Waals surface area (Å²) >= 11 is 0. The van der Waals surface area contributed by atoms with Gasteiger partial charge in [0, 0.05) is 49.8 Å². The first kappa shape index (κ1) is 20.3. The van der Waals surface area contributed by atoms with Crippen molar-refractivity contribution in [1.29, 1.82) is 0 Å². The number of urea groups is 1. The lowest BCUT2D eigenvalue weighted by atomic mass is 10.2. The summed E-state index contributed by atoms with van der Waals surface area (Å²) in [6.45, 7) is 2.90. The van der Waals surface area contributed by atoms with E-state index in [1.807, 2.05) is 25.1 Å². The third-order valence-corrected chi connectivity index (χ3v) is 4.57. The minimum Gasteiger partial charge on any atom is -0.351 e. The van der Waals surface area contributed by atoms with Crippen molar-refractivity contribution in [3.05, 3.63) is 59.9 Å². The number of nitrogens with zero attached hydrogens (tertiary/aromatic N) is 3. The van der Waals surface area contributed by atoms with Crippen LogP contribution < -0.4 is 16.4 Å². The standard InChI is InChI=1S/C20H24N6O3/c1-14-3-2-4-16(13-14)24-20(29)26-12-11-25(18(26)17(27)23-10-7-21)19(28)15-5-8-22-9-6-15/h2-6,8-9,13,18H,7,10-12,21H2,1H3,(H,23,27)(H,24,29). The summed E-state index contributed by atoms with van der Waals surface area (Å²) in [5, 5.41) is 5.48. The second-order valence-corrected chi connectivity index (χ2v) is 6.68. The minimum absolute atomic E-state index is 0.231.